The van der Waals surface area contributed by atoms with Gasteiger partial charge in [-0.25, -0.2) is 0 Å². The van der Waals surface area contributed by atoms with Crippen molar-refractivity contribution in [1.29, 1.82) is 0 Å². The Labute approximate surface area is 105 Å². The lowest BCUT2D eigenvalue weighted by atomic mass is 9.97. The van der Waals surface area contributed by atoms with E-state index >= 15 is 0 Å². The largest absolute Gasteiger partial charge is 0.341 e. The number of carbonyl (C=O) groups is 1. The van der Waals surface area contributed by atoms with E-state index in [9.17, 15) is 4.79 Å². The van der Waals surface area contributed by atoms with Gasteiger partial charge in [-0.3, -0.25) is 4.79 Å². The Balaban J connectivity index is 1.80. The van der Waals surface area contributed by atoms with Crippen molar-refractivity contribution in [2.45, 2.75) is 52.0 Å². The number of hydrogen-bond donors (Lipinski definition) is 1. The zero-order chi connectivity index (χ0) is 12.3. The summed E-state index contributed by atoms with van der Waals surface area (Å²) < 4.78 is 0. The summed E-state index contributed by atoms with van der Waals surface area (Å²) in [7, 11) is 0. The van der Waals surface area contributed by atoms with E-state index in [4.69, 9.17) is 0 Å². The highest BCUT2D eigenvalue weighted by Gasteiger charge is 2.31. The Morgan fingerprint density at radius 1 is 1.35 bits per heavy atom. The van der Waals surface area contributed by atoms with E-state index in [2.05, 4.69) is 24.1 Å². The molecule has 3 heteroatoms. The maximum Gasteiger partial charge on any atom is 0.239 e. The lowest BCUT2D eigenvalue weighted by Crippen LogP contribution is -2.47. The fraction of sp³-hybridized carbons (Fsp3) is 0.929. The summed E-state index contributed by atoms with van der Waals surface area (Å²) in [5.41, 5.74) is 0. The molecule has 2 heterocycles. The first-order chi connectivity index (χ1) is 8.16. The molecule has 0 spiro atoms. The molecule has 0 saturated carbocycles. The van der Waals surface area contributed by atoms with Crippen LogP contribution in [0.25, 0.3) is 0 Å². The van der Waals surface area contributed by atoms with E-state index in [1.54, 1.807) is 0 Å². The summed E-state index contributed by atoms with van der Waals surface area (Å²) in [6.45, 7) is 7.53. The minimum atomic E-state index is 0.113. The van der Waals surface area contributed by atoms with Gasteiger partial charge < -0.3 is 10.2 Å². The van der Waals surface area contributed by atoms with E-state index in [0.717, 1.165) is 37.9 Å². The minimum Gasteiger partial charge on any atom is -0.341 e. The smallest absolute Gasteiger partial charge is 0.239 e. The number of likely N-dealkylation sites (tertiary alicyclic amines) is 1. The maximum absolute atomic E-state index is 12.3. The first-order valence-corrected chi connectivity index (χ1v) is 7.19. The quantitative estimate of drug-likeness (QED) is 0.816. The van der Waals surface area contributed by atoms with Gasteiger partial charge in [0, 0.05) is 13.1 Å². The van der Waals surface area contributed by atoms with Crippen molar-refractivity contribution in [3.8, 4) is 0 Å². The molecular weight excluding hydrogens is 212 g/mol. The Bertz CT molecular complexity index is 259. The number of carbonyl (C=O) groups excluding carboxylic acids is 1. The average molecular weight is 238 g/mol. The molecule has 2 saturated heterocycles. The van der Waals surface area contributed by atoms with Gasteiger partial charge in [0.1, 0.15) is 0 Å². The van der Waals surface area contributed by atoms with Crippen LogP contribution in [0.3, 0.4) is 0 Å². The van der Waals surface area contributed by atoms with Crippen molar-refractivity contribution in [1.82, 2.24) is 10.2 Å². The number of hydrogen-bond acceptors (Lipinski definition) is 2. The monoisotopic (exact) mass is 238 g/mol. The molecular formula is C14H26N2O. The normalized spacial score (nSPS) is 29.9. The van der Waals surface area contributed by atoms with Gasteiger partial charge in [-0.1, -0.05) is 20.3 Å². The molecule has 2 aliphatic heterocycles. The third kappa shape index (κ3) is 3.44. The van der Waals surface area contributed by atoms with Gasteiger partial charge in [0.25, 0.3) is 0 Å². The van der Waals surface area contributed by atoms with E-state index in [1.165, 1.54) is 25.7 Å². The minimum absolute atomic E-state index is 0.113. The number of piperidine rings is 1. The molecule has 0 aliphatic carbocycles. The van der Waals surface area contributed by atoms with E-state index in [0.29, 0.717) is 5.91 Å². The van der Waals surface area contributed by atoms with Crippen molar-refractivity contribution >= 4 is 5.91 Å². The van der Waals surface area contributed by atoms with Crippen LogP contribution in [0.15, 0.2) is 0 Å². The number of nitrogens with zero attached hydrogens (tertiary/aromatic N) is 1. The van der Waals surface area contributed by atoms with Crippen LogP contribution in [0.2, 0.25) is 0 Å². The third-order valence-electron chi connectivity index (χ3n) is 4.01. The van der Waals surface area contributed by atoms with Gasteiger partial charge >= 0.3 is 0 Å². The van der Waals surface area contributed by atoms with Gasteiger partial charge in [-0.05, 0) is 44.1 Å². The molecule has 2 unspecified atom stereocenters. The topological polar surface area (TPSA) is 32.3 Å². The summed E-state index contributed by atoms with van der Waals surface area (Å²) >= 11 is 0. The van der Waals surface area contributed by atoms with E-state index in [-0.39, 0.29) is 6.04 Å². The van der Waals surface area contributed by atoms with Gasteiger partial charge in [0.05, 0.1) is 6.04 Å². The van der Waals surface area contributed by atoms with Crippen LogP contribution in [-0.2, 0) is 4.79 Å². The SMILES string of the molecule is CC(C)CC1CCN(C(=O)C2CCCCN2)C1. The van der Waals surface area contributed by atoms with E-state index in [1.807, 2.05) is 0 Å². The Morgan fingerprint density at radius 3 is 2.82 bits per heavy atom. The molecule has 0 bridgehead atoms. The van der Waals surface area contributed by atoms with Crippen LogP contribution < -0.4 is 5.32 Å². The second-order valence-electron chi connectivity index (χ2n) is 6.07. The second kappa shape index (κ2) is 5.85. The molecule has 2 fully saturated rings. The highest BCUT2D eigenvalue weighted by molar-refractivity contribution is 5.82. The number of nitrogens with one attached hydrogen (secondary N) is 1. The summed E-state index contributed by atoms with van der Waals surface area (Å²) in [5.74, 6) is 1.85. The lowest BCUT2D eigenvalue weighted by Gasteiger charge is -2.27. The molecule has 17 heavy (non-hydrogen) atoms. The summed E-state index contributed by atoms with van der Waals surface area (Å²) in [6, 6.07) is 0.113. The molecule has 3 nitrogen and oxygen atoms in total. The van der Waals surface area contributed by atoms with Crippen LogP contribution >= 0.6 is 0 Å². The molecule has 98 valence electrons. The van der Waals surface area contributed by atoms with E-state index < -0.39 is 0 Å². The number of rotatable bonds is 3. The summed E-state index contributed by atoms with van der Waals surface area (Å²) in [6.07, 6.45) is 5.93. The molecule has 0 aromatic carbocycles. The van der Waals surface area contributed by atoms with Gasteiger partial charge in [-0.2, -0.15) is 0 Å². The van der Waals surface area contributed by atoms with Crippen molar-refractivity contribution < 1.29 is 4.79 Å². The molecule has 1 N–H and O–H groups in total. The maximum atomic E-state index is 12.3. The molecule has 2 rings (SSSR count). The van der Waals surface area contributed by atoms with Crippen LogP contribution in [0.5, 0.6) is 0 Å². The second-order valence-corrected chi connectivity index (χ2v) is 6.07. The molecule has 2 atom stereocenters. The Kier molecular flexibility index (Phi) is 4.43. The molecule has 0 radical (unpaired) electrons. The summed E-state index contributed by atoms with van der Waals surface area (Å²) in [5, 5.41) is 3.36. The predicted octanol–water partition coefficient (Wildman–Crippen LogP) is 2.02. The van der Waals surface area contributed by atoms with Crippen molar-refractivity contribution in [2.75, 3.05) is 19.6 Å². The zero-order valence-corrected chi connectivity index (χ0v) is 11.2. The summed E-state index contributed by atoms with van der Waals surface area (Å²) in [4.78, 5) is 14.4. The molecule has 0 aromatic rings. The molecule has 0 aromatic heterocycles. The van der Waals surface area contributed by atoms with Crippen LogP contribution in [0.1, 0.15) is 46.0 Å². The fourth-order valence-corrected chi connectivity index (χ4v) is 3.17. The average Bonchev–Trinajstić information content (AvgIpc) is 2.77. The first kappa shape index (κ1) is 12.9. The first-order valence-electron chi connectivity index (χ1n) is 7.19. The third-order valence-corrected chi connectivity index (χ3v) is 4.01. The zero-order valence-electron chi connectivity index (χ0n) is 11.2. The van der Waals surface area contributed by atoms with Gasteiger partial charge in [0.2, 0.25) is 5.91 Å². The Hall–Kier alpha value is -0.570. The van der Waals surface area contributed by atoms with Crippen LogP contribution in [-0.4, -0.2) is 36.5 Å². The lowest BCUT2D eigenvalue weighted by molar-refractivity contribution is -0.133. The van der Waals surface area contributed by atoms with Crippen molar-refractivity contribution in [3.63, 3.8) is 0 Å². The van der Waals surface area contributed by atoms with Crippen molar-refractivity contribution in [2.24, 2.45) is 11.8 Å². The number of amides is 1. The highest BCUT2D eigenvalue weighted by Crippen LogP contribution is 2.24. The fourth-order valence-electron chi connectivity index (χ4n) is 3.17. The van der Waals surface area contributed by atoms with Crippen LogP contribution in [0.4, 0.5) is 0 Å². The highest BCUT2D eigenvalue weighted by atomic mass is 16.2. The van der Waals surface area contributed by atoms with Crippen molar-refractivity contribution in [3.05, 3.63) is 0 Å². The van der Waals surface area contributed by atoms with Gasteiger partial charge in [-0.15, -0.1) is 0 Å². The molecule has 1 amide bonds. The Morgan fingerprint density at radius 2 is 2.18 bits per heavy atom. The molecule has 2 aliphatic rings. The van der Waals surface area contributed by atoms with Crippen LogP contribution in [0, 0.1) is 11.8 Å². The standard InChI is InChI=1S/C14H26N2O/c1-11(2)9-12-6-8-16(10-12)14(17)13-5-3-4-7-15-13/h11-13,15H,3-10H2,1-2H3. The predicted molar refractivity (Wildman–Crippen MR) is 69.8 cm³/mol. The van der Waals surface area contributed by atoms with Gasteiger partial charge in [0.15, 0.2) is 0 Å².